The minimum atomic E-state index is 0.214. The molecule has 142 valence electrons. The van der Waals surface area contributed by atoms with Crippen molar-refractivity contribution < 1.29 is 4.79 Å². The summed E-state index contributed by atoms with van der Waals surface area (Å²) in [5.74, 6) is 1.50. The lowest BCUT2D eigenvalue weighted by atomic mass is 10.1. The van der Waals surface area contributed by atoms with Gasteiger partial charge in [-0.25, -0.2) is 4.98 Å². The highest BCUT2D eigenvalue weighted by atomic mass is 16.2. The lowest BCUT2D eigenvalue weighted by Crippen LogP contribution is -2.50. The van der Waals surface area contributed by atoms with E-state index in [1.54, 1.807) is 0 Å². The van der Waals surface area contributed by atoms with E-state index in [1.807, 2.05) is 24.2 Å². The molecule has 1 aromatic heterocycles. The van der Waals surface area contributed by atoms with Gasteiger partial charge < -0.3 is 9.80 Å². The molecule has 1 aromatic rings. The normalized spacial score (nSPS) is 22.9. The minimum absolute atomic E-state index is 0.214. The lowest BCUT2D eigenvalue weighted by Gasteiger charge is -2.38. The van der Waals surface area contributed by atoms with Crippen molar-refractivity contribution in [3.8, 4) is 0 Å². The summed E-state index contributed by atoms with van der Waals surface area (Å²) in [6, 6.07) is 4.87. The van der Waals surface area contributed by atoms with Gasteiger partial charge in [0.05, 0.1) is 0 Å². The number of piperazine rings is 1. The van der Waals surface area contributed by atoms with Gasteiger partial charge in [0.15, 0.2) is 0 Å². The molecule has 3 aliphatic rings. The zero-order valence-corrected chi connectivity index (χ0v) is 16.1. The Bertz CT molecular complexity index is 614. The summed E-state index contributed by atoms with van der Waals surface area (Å²) in [5.41, 5.74) is 0.977. The molecule has 1 amide bonds. The second-order valence-electron chi connectivity index (χ2n) is 8.21. The molecule has 5 heteroatoms. The summed E-state index contributed by atoms with van der Waals surface area (Å²) < 4.78 is 0. The van der Waals surface area contributed by atoms with E-state index in [9.17, 15) is 4.79 Å². The fourth-order valence-corrected chi connectivity index (χ4v) is 4.95. The lowest BCUT2D eigenvalue weighted by molar-refractivity contribution is -0.121. The maximum absolute atomic E-state index is 12.7. The number of aromatic nitrogens is 1. The van der Waals surface area contributed by atoms with Gasteiger partial charge in [0.2, 0.25) is 5.91 Å². The number of anilines is 2. The van der Waals surface area contributed by atoms with Crippen LogP contribution in [0.1, 0.15) is 51.4 Å². The third-order valence-corrected chi connectivity index (χ3v) is 6.63. The monoisotopic (exact) mass is 356 g/mol. The molecule has 0 unspecified atom stereocenters. The SMILES string of the molecule is CN(C(=O)C1CCCC1)c1ccnc(N2CCN(C3CCCC3)CC2)c1. The summed E-state index contributed by atoms with van der Waals surface area (Å²) in [7, 11) is 1.91. The van der Waals surface area contributed by atoms with E-state index in [0.29, 0.717) is 0 Å². The highest BCUT2D eigenvalue weighted by molar-refractivity contribution is 5.94. The van der Waals surface area contributed by atoms with Crippen LogP contribution in [0, 0.1) is 5.92 Å². The van der Waals surface area contributed by atoms with Crippen molar-refractivity contribution in [2.45, 2.75) is 57.4 Å². The number of amides is 1. The molecule has 0 bridgehead atoms. The average molecular weight is 357 g/mol. The van der Waals surface area contributed by atoms with Crippen molar-refractivity contribution in [3.63, 3.8) is 0 Å². The predicted octanol–water partition coefficient (Wildman–Crippen LogP) is 3.30. The van der Waals surface area contributed by atoms with E-state index < -0.39 is 0 Å². The van der Waals surface area contributed by atoms with Crippen molar-refractivity contribution >= 4 is 17.4 Å². The molecular formula is C21H32N4O. The van der Waals surface area contributed by atoms with Crippen molar-refractivity contribution in [2.75, 3.05) is 43.0 Å². The topological polar surface area (TPSA) is 39.7 Å². The molecule has 2 heterocycles. The van der Waals surface area contributed by atoms with Gasteiger partial charge >= 0.3 is 0 Å². The fourth-order valence-electron chi connectivity index (χ4n) is 4.95. The number of carbonyl (C=O) groups is 1. The van der Waals surface area contributed by atoms with Crippen LogP contribution in [0.15, 0.2) is 18.3 Å². The van der Waals surface area contributed by atoms with Gasteiger partial charge in [-0.2, -0.15) is 0 Å². The van der Waals surface area contributed by atoms with Gasteiger partial charge in [0, 0.05) is 63.1 Å². The van der Waals surface area contributed by atoms with Crippen LogP contribution < -0.4 is 9.80 Å². The molecule has 2 saturated carbocycles. The molecule has 4 rings (SSSR count). The molecule has 0 N–H and O–H groups in total. The summed E-state index contributed by atoms with van der Waals surface area (Å²) in [6.07, 6.45) is 11.9. The third kappa shape index (κ3) is 3.73. The van der Waals surface area contributed by atoms with E-state index in [-0.39, 0.29) is 11.8 Å². The molecule has 2 aliphatic carbocycles. The summed E-state index contributed by atoms with van der Waals surface area (Å²) in [4.78, 5) is 24.2. The molecule has 3 fully saturated rings. The second-order valence-corrected chi connectivity index (χ2v) is 8.21. The summed E-state index contributed by atoms with van der Waals surface area (Å²) >= 11 is 0. The molecule has 0 spiro atoms. The molecular weight excluding hydrogens is 324 g/mol. The number of hydrogen-bond donors (Lipinski definition) is 0. The molecule has 26 heavy (non-hydrogen) atoms. The third-order valence-electron chi connectivity index (χ3n) is 6.63. The first-order valence-electron chi connectivity index (χ1n) is 10.4. The van der Waals surface area contributed by atoms with Gasteiger partial charge in [0.1, 0.15) is 5.82 Å². The Morgan fingerprint density at radius 2 is 1.69 bits per heavy atom. The van der Waals surface area contributed by atoms with Gasteiger partial charge in [0.25, 0.3) is 0 Å². The Labute approximate surface area is 157 Å². The number of hydrogen-bond acceptors (Lipinski definition) is 4. The van der Waals surface area contributed by atoms with Crippen molar-refractivity contribution in [1.29, 1.82) is 0 Å². The zero-order chi connectivity index (χ0) is 17.9. The maximum atomic E-state index is 12.7. The largest absolute Gasteiger partial charge is 0.354 e. The van der Waals surface area contributed by atoms with Crippen LogP contribution in [0.5, 0.6) is 0 Å². The van der Waals surface area contributed by atoms with Gasteiger partial charge in [-0.15, -0.1) is 0 Å². The maximum Gasteiger partial charge on any atom is 0.229 e. The minimum Gasteiger partial charge on any atom is -0.354 e. The first kappa shape index (κ1) is 17.8. The van der Waals surface area contributed by atoms with Crippen molar-refractivity contribution in [3.05, 3.63) is 18.3 Å². The Morgan fingerprint density at radius 3 is 2.38 bits per heavy atom. The van der Waals surface area contributed by atoms with Gasteiger partial charge in [-0.05, 0) is 31.7 Å². The summed E-state index contributed by atoms with van der Waals surface area (Å²) in [6.45, 7) is 4.33. The van der Waals surface area contributed by atoms with Crippen LogP contribution in [0.4, 0.5) is 11.5 Å². The predicted molar refractivity (Wildman–Crippen MR) is 106 cm³/mol. The second kappa shape index (κ2) is 7.95. The average Bonchev–Trinajstić information content (AvgIpc) is 3.41. The Morgan fingerprint density at radius 1 is 1.04 bits per heavy atom. The van der Waals surface area contributed by atoms with E-state index in [0.717, 1.165) is 56.6 Å². The van der Waals surface area contributed by atoms with Crippen molar-refractivity contribution in [2.24, 2.45) is 5.92 Å². The number of carbonyl (C=O) groups excluding carboxylic acids is 1. The van der Waals surface area contributed by atoms with Crippen LogP contribution in [-0.4, -0.2) is 55.1 Å². The fraction of sp³-hybridized carbons (Fsp3) is 0.714. The van der Waals surface area contributed by atoms with E-state index in [1.165, 1.54) is 38.5 Å². The Kier molecular flexibility index (Phi) is 5.44. The smallest absolute Gasteiger partial charge is 0.229 e. The number of rotatable bonds is 4. The zero-order valence-electron chi connectivity index (χ0n) is 16.1. The van der Waals surface area contributed by atoms with Crippen LogP contribution in [0.2, 0.25) is 0 Å². The molecule has 1 saturated heterocycles. The Balaban J connectivity index is 1.39. The van der Waals surface area contributed by atoms with E-state index in [2.05, 4.69) is 20.9 Å². The quantitative estimate of drug-likeness (QED) is 0.830. The number of pyridine rings is 1. The van der Waals surface area contributed by atoms with Crippen LogP contribution in [0.3, 0.4) is 0 Å². The van der Waals surface area contributed by atoms with Crippen LogP contribution >= 0.6 is 0 Å². The first-order chi connectivity index (χ1) is 12.7. The van der Waals surface area contributed by atoms with Crippen molar-refractivity contribution in [1.82, 2.24) is 9.88 Å². The number of nitrogens with zero attached hydrogens (tertiary/aromatic N) is 4. The van der Waals surface area contributed by atoms with Gasteiger partial charge in [-0.1, -0.05) is 25.7 Å². The highest BCUT2D eigenvalue weighted by Gasteiger charge is 2.28. The van der Waals surface area contributed by atoms with Crippen LogP contribution in [0.25, 0.3) is 0 Å². The standard InChI is InChI=1S/C21H32N4O/c1-23(21(26)17-6-2-3-7-17)19-10-11-22-20(16-19)25-14-12-24(13-15-25)18-8-4-5-9-18/h10-11,16-18H,2-9,12-15H2,1H3. The molecule has 1 aliphatic heterocycles. The molecule has 0 atom stereocenters. The molecule has 5 nitrogen and oxygen atoms in total. The molecule has 0 radical (unpaired) electrons. The van der Waals surface area contributed by atoms with E-state index in [4.69, 9.17) is 0 Å². The van der Waals surface area contributed by atoms with E-state index >= 15 is 0 Å². The Hall–Kier alpha value is -1.62. The van der Waals surface area contributed by atoms with Gasteiger partial charge in [-0.3, -0.25) is 9.69 Å². The first-order valence-corrected chi connectivity index (χ1v) is 10.4. The molecule has 0 aromatic carbocycles. The van der Waals surface area contributed by atoms with Crippen LogP contribution in [-0.2, 0) is 4.79 Å². The summed E-state index contributed by atoms with van der Waals surface area (Å²) in [5, 5.41) is 0. The highest BCUT2D eigenvalue weighted by Crippen LogP contribution is 2.29.